The molecule has 3 aromatic carbocycles. The van der Waals surface area contributed by atoms with Gasteiger partial charge in [0.2, 0.25) is 0 Å². The number of pyridine rings is 1. The van der Waals surface area contributed by atoms with Gasteiger partial charge in [-0.05, 0) is 49.6 Å². The Morgan fingerprint density at radius 1 is 0.941 bits per heavy atom. The molecule has 34 heavy (non-hydrogen) atoms. The molecule has 0 spiro atoms. The number of aromatic nitrogens is 1. The SMILES string of the molecule is Cc1cc(Nc2cccc(OCCN3CCC(O)(c4ccccc4)CC3)c2)c2ccccc2n1. The van der Waals surface area contributed by atoms with Gasteiger partial charge in [-0.2, -0.15) is 0 Å². The fourth-order valence-corrected chi connectivity index (χ4v) is 4.71. The van der Waals surface area contributed by atoms with Crippen molar-refractivity contribution in [1.82, 2.24) is 9.88 Å². The fourth-order valence-electron chi connectivity index (χ4n) is 4.71. The molecule has 174 valence electrons. The third-order valence-electron chi connectivity index (χ3n) is 6.63. The van der Waals surface area contributed by atoms with Crippen molar-refractivity contribution in [2.45, 2.75) is 25.4 Å². The first kappa shape index (κ1) is 22.4. The first-order chi connectivity index (χ1) is 16.6. The average molecular weight is 454 g/mol. The molecule has 5 nitrogen and oxygen atoms in total. The van der Waals surface area contributed by atoms with E-state index >= 15 is 0 Å². The van der Waals surface area contributed by atoms with Crippen LogP contribution in [0.3, 0.4) is 0 Å². The lowest BCUT2D eigenvalue weighted by Gasteiger charge is -2.38. The zero-order chi connectivity index (χ0) is 23.4. The predicted octanol–water partition coefficient (Wildman–Crippen LogP) is 5.65. The first-order valence-electron chi connectivity index (χ1n) is 12.0. The molecule has 4 aromatic rings. The van der Waals surface area contributed by atoms with E-state index in [4.69, 9.17) is 4.74 Å². The lowest BCUT2D eigenvalue weighted by molar-refractivity contribution is -0.0278. The Morgan fingerprint density at radius 3 is 2.53 bits per heavy atom. The van der Waals surface area contributed by atoms with Crippen molar-refractivity contribution in [2.75, 3.05) is 31.6 Å². The molecule has 0 aliphatic carbocycles. The molecule has 1 fully saturated rings. The number of hydrogen-bond donors (Lipinski definition) is 2. The second-order valence-corrected chi connectivity index (χ2v) is 9.07. The molecule has 2 heterocycles. The number of benzene rings is 3. The fraction of sp³-hybridized carbons (Fsp3) is 0.276. The molecule has 5 rings (SSSR count). The second-order valence-electron chi connectivity index (χ2n) is 9.07. The summed E-state index contributed by atoms with van der Waals surface area (Å²) in [5.74, 6) is 0.845. The maximum absolute atomic E-state index is 11.0. The summed E-state index contributed by atoms with van der Waals surface area (Å²) in [4.78, 5) is 6.99. The van der Waals surface area contributed by atoms with Crippen molar-refractivity contribution in [2.24, 2.45) is 0 Å². The van der Waals surface area contributed by atoms with Gasteiger partial charge in [-0.1, -0.05) is 54.6 Å². The highest BCUT2D eigenvalue weighted by molar-refractivity contribution is 5.93. The van der Waals surface area contributed by atoms with Crippen LogP contribution in [0, 0.1) is 6.92 Å². The van der Waals surface area contributed by atoms with Gasteiger partial charge < -0.3 is 15.2 Å². The molecule has 0 atom stereocenters. The number of anilines is 2. The van der Waals surface area contributed by atoms with E-state index in [0.29, 0.717) is 6.61 Å². The van der Waals surface area contributed by atoms with Crippen LogP contribution in [-0.2, 0) is 5.60 Å². The van der Waals surface area contributed by atoms with Gasteiger partial charge in [0, 0.05) is 48.2 Å². The largest absolute Gasteiger partial charge is 0.492 e. The van der Waals surface area contributed by atoms with Gasteiger partial charge in [-0.25, -0.2) is 0 Å². The Morgan fingerprint density at radius 2 is 1.71 bits per heavy atom. The van der Waals surface area contributed by atoms with Crippen molar-refractivity contribution in [3.8, 4) is 5.75 Å². The first-order valence-corrected chi connectivity index (χ1v) is 12.0. The molecule has 1 saturated heterocycles. The van der Waals surface area contributed by atoms with E-state index in [9.17, 15) is 5.11 Å². The smallest absolute Gasteiger partial charge is 0.121 e. The highest BCUT2D eigenvalue weighted by Crippen LogP contribution is 2.32. The van der Waals surface area contributed by atoms with Crippen LogP contribution >= 0.6 is 0 Å². The zero-order valence-electron chi connectivity index (χ0n) is 19.6. The van der Waals surface area contributed by atoms with Crippen molar-refractivity contribution < 1.29 is 9.84 Å². The molecule has 0 radical (unpaired) electrons. The van der Waals surface area contributed by atoms with E-state index in [1.165, 1.54) is 0 Å². The van der Waals surface area contributed by atoms with Crippen molar-refractivity contribution in [1.29, 1.82) is 0 Å². The zero-order valence-corrected chi connectivity index (χ0v) is 19.6. The molecular weight excluding hydrogens is 422 g/mol. The Hall–Kier alpha value is -3.41. The van der Waals surface area contributed by atoms with Gasteiger partial charge in [-0.3, -0.25) is 9.88 Å². The number of fused-ring (bicyclic) bond motifs is 1. The van der Waals surface area contributed by atoms with E-state index in [0.717, 1.165) is 71.8 Å². The van der Waals surface area contributed by atoms with Crippen LogP contribution in [0.5, 0.6) is 5.75 Å². The third-order valence-corrected chi connectivity index (χ3v) is 6.63. The summed E-state index contributed by atoms with van der Waals surface area (Å²) >= 11 is 0. The number of ether oxygens (including phenoxy) is 1. The Labute approximate surface area is 201 Å². The third kappa shape index (κ3) is 5.06. The van der Waals surface area contributed by atoms with Gasteiger partial charge in [0.25, 0.3) is 0 Å². The van der Waals surface area contributed by atoms with Crippen LogP contribution in [0.15, 0.2) is 84.9 Å². The molecule has 0 saturated carbocycles. The van der Waals surface area contributed by atoms with E-state index in [-0.39, 0.29) is 0 Å². The topological polar surface area (TPSA) is 57.6 Å². The number of aryl methyl sites for hydroxylation is 1. The Balaban J connectivity index is 1.16. The van der Waals surface area contributed by atoms with Gasteiger partial charge in [0.05, 0.1) is 11.1 Å². The predicted molar refractivity (Wildman–Crippen MR) is 138 cm³/mol. The number of likely N-dealkylation sites (tertiary alicyclic amines) is 1. The number of nitrogens with zero attached hydrogens (tertiary/aromatic N) is 2. The van der Waals surface area contributed by atoms with Crippen LogP contribution in [-0.4, -0.2) is 41.2 Å². The van der Waals surface area contributed by atoms with Crippen molar-refractivity contribution in [3.63, 3.8) is 0 Å². The van der Waals surface area contributed by atoms with Gasteiger partial charge >= 0.3 is 0 Å². The van der Waals surface area contributed by atoms with E-state index in [1.54, 1.807) is 0 Å². The minimum atomic E-state index is -0.714. The molecule has 0 amide bonds. The normalized spacial score (nSPS) is 15.8. The second kappa shape index (κ2) is 9.84. The standard InChI is InChI=1S/C29H31N3O2/c1-22-20-28(26-12-5-6-13-27(26)30-22)31-24-10-7-11-25(21-24)34-19-18-32-16-14-29(33,15-17-32)23-8-3-2-4-9-23/h2-13,20-21,33H,14-19H2,1H3,(H,30,31). The molecule has 2 N–H and O–H groups in total. The maximum atomic E-state index is 11.0. The summed E-state index contributed by atoms with van der Waals surface area (Å²) in [6.45, 7) is 5.20. The monoisotopic (exact) mass is 453 g/mol. The van der Waals surface area contributed by atoms with Crippen molar-refractivity contribution in [3.05, 3.63) is 96.2 Å². The maximum Gasteiger partial charge on any atom is 0.121 e. The van der Waals surface area contributed by atoms with Crippen LogP contribution in [0.25, 0.3) is 10.9 Å². The van der Waals surface area contributed by atoms with Gasteiger partial charge in [0.1, 0.15) is 12.4 Å². The molecule has 1 aliphatic rings. The van der Waals surface area contributed by atoms with Crippen LogP contribution in [0.4, 0.5) is 11.4 Å². The lowest BCUT2D eigenvalue weighted by atomic mass is 9.84. The summed E-state index contributed by atoms with van der Waals surface area (Å²) in [7, 11) is 0. The average Bonchev–Trinajstić information content (AvgIpc) is 2.86. The van der Waals surface area contributed by atoms with Crippen LogP contribution < -0.4 is 10.1 Å². The number of piperidine rings is 1. The lowest BCUT2D eigenvalue weighted by Crippen LogP contribution is -2.43. The molecule has 0 unspecified atom stereocenters. The van der Waals surface area contributed by atoms with Gasteiger partial charge in [0.15, 0.2) is 0 Å². The minimum absolute atomic E-state index is 0.616. The number of nitrogens with one attached hydrogen (secondary N) is 1. The summed E-state index contributed by atoms with van der Waals surface area (Å²) in [6, 6.07) is 28.4. The van der Waals surface area contributed by atoms with E-state index in [1.807, 2.05) is 79.7 Å². The highest BCUT2D eigenvalue weighted by atomic mass is 16.5. The van der Waals surface area contributed by atoms with Crippen molar-refractivity contribution >= 4 is 22.3 Å². The van der Waals surface area contributed by atoms with E-state index < -0.39 is 5.60 Å². The highest BCUT2D eigenvalue weighted by Gasteiger charge is 2.33. The summed E-state index contributed by atoms with van der Waals surface area (Å²) in [6.07, 6.45) is 1.49. The molecular formula is C29H31N3O2. The molecule has 1 aromatic heterocycles. The number of hydrogen-bond acceptors (Lipinski definition) is 5. The van der Waals surface area contributed by atoms with Crippen LogP contribution in [0.1, 0.15) is 24.1 Å². The van der Waals surface area contributed by atoms with Gasteiger partial charge in [-0.15, -0.1) is 0 Å². The molecule has 5 heteroatoms. The number of aliphatic hydroxyl groups is 1. The Kier molecular flexibility index (Phi) is 6.48. The summed E-state index contributed by atoms with van der Waals surface area (Å²) in [5, 5.41) is 15.7. The summed E-state index contributed by atoms with van der Waals surface area (Å²) < 4.78 is 6.08. The number of rotatable bonds is 7. The summed E-state index contributed by atoms with van der Waals surface area (Å²) in [5.41, 5.74) is 4.30. The molecule has 1 aliphatic heterocycles. The number of para-hydroxylation sites is 1. The quantitative estimate of drug-likeness (QED) is 0.379. The minimum Gasteiger partial charge on any atom is -0.492 e. The van der Waals surface area contributed by atoms with Crippen LogP contribution in [0.2, 0.25) is 0 Å². The van der Waals surface area contributed by atoms with E-state index in [2.05, 4.69) is 27.3 Å². The Bertz CT molecular complexity index is 1250. The molecule has 0 bridgehead atoms.